The molecule has 1 atom stereocenters. The molecule has 0 bridgehead atoms. The normalized spacial score (nSPS) is 16.3. The number of nitrogens with zero attached hydrogens (tertiary/aromatic N) is 1. The van der Waals surface area contributed by atoms with Crippen molar-refractivity contribution >= 4 is 21.8 Å². The minimum absolute atomic E-state index is 0.0947. The number of hydrogen-bond donors (Lipinski definition) is 1. The Labute approximate surface area is 159 Å². The summed E-state index contributed by atoms with van der Waals surface area (Å²) in [4.78, 5) is 14.7. The molecule has 1 saturated heterocycles. The molecule has 0 saturated carbocycles. The Morgan fingerprint density at radius 3 is 2.42 bits per heavy atom. The van der Waals surface area contributed by atoms with E-state index in [9.17, 15) is 13.6 Å². The molecular weight excluding hydrogens is 406 g/mol. The maximum atomic E-state index is 13.3. The van der Waals surface area contributed by atoms with Crippen LogP contribution in [0.15, 0.2) is 46.9 Å². The standard InChI is InChI=1S/C19H19BrF2N2O2/c20-17-11-15(22)5-6-16(17)19(25)23-12-18(24-7-9-26-10-8-24)13-1-3-14(21)4-2-13/h1-6,11,18H,7-10,12H2,(H,23,25). The Morgan fingerprint density at radius 2 is 1.77 bits per heavy atom. The molecular formula is C19H19BrF2N2O2. The molecule has 0 spiro atoms. The molecule has 1 aliphatic rings. The molecule has 4 nitrogen and oxygen atoms in total. The lowest BCUT2D eigenvalue weighted by Gasteiger charge is -2.35. The molecule has 1 heterocycles. The van der Waals surface area contributed by atoms with Gasteiger partial charge in [0, 0.05) is 24.1 Å². The third-order valence-electron chi connectivity index (χ3n) is 4.37. The summed E-state index contributed by atoms with van der Waals surface area (Å²) in [6, 6.07) is 10.2. The first-order valence-corrected chi connectivity index (χ1v) is 9.14. The molecule has 0 radical (unpaired) electrons. The second-order valence-corrected chi connectivity index (χ2v) is 6.90. The van der Waals surface area contributed by atoms with Gasteiger partial charge in [0.2, 0.25) is 0 Å². The van der Waals surface area contributed by atoms with Crippen LogP contribution < -0.4 is 5.32 Å². The monoisotopic (exact) mass is 424 g/mol. The van der Waals surface area contributed by atoms with E-state index >= 15 is 0 Å². The molecule has 1 unspecified atom stereocenters. The van der Waals surface area contributed by atoms with E-state index in [1.165, 1.54) is 30.3 Å². The van der Waals surface area contributed by atoms with Gasteiger partial charge in [-0.25, -0.2) is 8.78 Å². The topological polar surface area (TPSA) is 41.6 Å². The molecule has 0 aromatic heterocycles. The van der Waals surface area contributed by atoms with Crippen LogP contribution in [0, 0.1) is 11.6 Å². The highest BCUT2D eigenvalue weighted by molar-refractivity contribution is 9.10. The second kappa shape index (κ2) is 8.70. The van der Waals surface area contributed by atoms with Crippen LogP contribution in [-0.4, -0.2) is 43.7 Å². The Balaban J connectivity index is 1.74. The minimum atomic E-state index is -0.411. The number of morpholine rings is 1. The predicted molar refractivity (Wildman–Crippen MR) is 98.0 cm³/mol. The van der Waals surface area contributed by atoms with Crippen molar-refractivity contribution in [1.82, 2.24) is 10.2 Å². The zero-order valence-electron chi connectivity index (χ0n) is 14.1. The number of ether oxygens (including phenoxy) is 1. The van der Waals surface area contributed by atoms with E-state index in [-0.39, 0.29) is 17.8 Å². The van der Waals surface area contributed by atoms with E-state index < -0.39 is 5.82 Å². The summed E-state index contributed by atoms with van der Waals surface area (Å²) in [7, 11) is 0. The number of amides is 1. The van der Waals surface area contributed by atoms with Crippen molar-refractivity contribution in [1.29, 1.82) is 0 Å². The summed E-state index contributed by atoms with van der Waals surface area (Å²) in [5.74, 6) is -1.00. The highest BCUT2D eigenvalue weighted by atomic mass is 79.9. The number of halogens is 3. The Kier molecular flexibility index (Phi) is 6.34. The largest absolute Gasteiger partial charge is 0.379 e. The van der Waals surface area contributed by atoms with Gasteiger partial charge in [0.15, 0.2) is 0 Å². The van der Waals surface area contributed by atoms with E-state index in [4.69, 9.17) is 4.74 Å². The fourth-order valence-corrected chi connectivity index (χ4v) is 3.52. The summed E-state index contributed by atoms with van der Waals surface area (Å²) in [5, 5.41) is 2.90. The molecule has 2 aromatic carbocycles. The van der Waals surface area contributed by atoms with Crippen LogP contribution >= 0.6 is 15.9 Å². The summed E-state index contributed by atoms with van der Waals surface area (Å²) < 4.78 is 32.3. The van der Waals surface area contributed by atoms with Crippen molar-refractivity contribution in [3.8, 4) is 0 Å². The van der Waals surface area contributed by atoms with Gasteiger partial charge in [0.05, 0.1) is 24.8 Å². The van der Waals surface area contributed by atoms with Crippen LogP contribution in [-0.2, 0) is 4.74 Å². The molecule has 0 aliphatic carbocycles. The van der Waals surface area contributed by atoms with E-state index in [0.29, 0.717) is 29.8 Å². The van der Waals surface area contributed by atoms with Crippen LogP contribution in [0.2, 0.25) is 0 Å². The fourth-order valence-electron chi connectivity index (χ4n) is 2.99. The number of carbonyl (C=O) groups is 1. The second-order valence-electron chi connectivity index (χ2n) is 6.05. The smallest absolute Gasteiger partial charge is 0.252 e. The summed E-state index contributed by atoms with van der Waals surface area (Å²) >= 11 is 3.21. The van der Waals surface area contributed by atoms with Gasteiger partial charge < -0.3 is 10.1 Å². The highest BCUT2D eigenvalue weighted by Gasteiger charge is 2.23. The molecule has 1 fully saturated rings. The molecule has 2 aromatic rings. The number of rotatable bonds is 5. The van der Waals surface area contributed by atoms with Gasteiger partial charge in [-0.05, 0) is 51.8 Å². The quantitative estimate of drug-likeness (QED) is 0.797. The molecule has 1 N–H and O–H groups in total. The third kappa shape index (κ3) is 4.66. The third-order valence-corrected chi connectivity index (χ3v) is 5.03. The van der Waals surface area contributed by atoms with Crippen LogP contribution in [0.5, 0.6) is 0 Å². The SMILES string of the molecule is O=C(NCC(c1ccc(F)cc1)N1CCOCC1)c1ccc(F)cc1Br. The van der Waals surface area contributed by atoms with Crippen LogP contribution in [0.4, 0.5) is 8.78 Å². The van der Waals surface area contributed by atoms with Crippen molar-refractivity contribution < 1.29 is 18.3 Å². The van der Waals surface area contributed by atoms with Gasteiger partial charge in [0.25, 0.3) is 5.91 Å². The lowest BCUT2D eigenvalue weighted by Crippen LogP contribution is -2.43. The molecule has 138 valence electrons. The molecule has 26 heavy (non-hydrogen) atoms. The zero-order chi connectivity index (χ0) is 18.5. The highest BCUT2D eigenvalue weighted by Crippen LogP contribution is 2.23. The Bertz CT molecular complexity index is 765. The van der Waals surface area contributed by atoms with Crippen molar-refractivity contribution in [2.75, 3.05) is 32.8 Å². The summed E-state index contributed by atoms with van der Waals surface area (Å²) in [5.41, 5.74) is 1.29. The van der Waals surface area contributed by atoms with Crippen molar-refractivity contribution in [2.24, 2.45) is 0 Å². The molecule has 3 rings (SSSR count). The van der Waals surface area contributed by atoms with E-state index in [1.807, 2.05) is 0 Å². The average molecular weight is 425 g/mol. The van der Waals surface area contributed by atoms with Crippen molar-refractivity contribution in [3.05, 3.63) is 69.7 Å². The lowest BCUT2D eigenvalue weighted by atomic mass is 10.0. The number of hydrogen-bond acceptors (Lipinski definition) is 3. The Morgan fingerprint density at radius 1 is 1.12 bits per heavy atom. The van der Waals surface area contributed by atoms with E-state index in [1.54, 1.807) is 12.1 Å². The van der Waals surface area contributed by atoms with Gasteiger partial charge in [-0.2, -0.15) is 0 Å². The van der Waals surface area contributed by atoms with Gasteiger partial charge >= 0.3 is 0 Å². The fraction of sp³-hybridized carbons (Fsp3) is 0.316. The van der Waals surface area contributed by atoms with Crippen LogP contribution in [0.25, 0.3) is 0 Å². The molecule has 7 heteroatoms. The van der Waals surface area contributed by atoms with Crippen LogP contribution in [0.1, 0.15) is 22.0 Å². The number of nitrogens with one attached hydrogen (secondary N) is 1. The average Bonchev–Trinajstić information content (AvgIpc) is 2.64. The van der Waals surface area contributed by atoms with Gasteiger partial charge in [-0.3, -0.25) is 9.69 Å². The summed E-state index contributed by atoms with van der Waals surface area (Å²) in [6.07, 6.45) is 0. The van der Waals surface area contributed by atoms with E-state index in [0.717, 1.165) is 18.7 Å². The number of benzene rings is 2. The van der Waals surface area contributed by atoms with Crippen molar-refractivity contribution in [2.45, 2.75) is 6.04 Å². The maximum Gasteiger partial charge on any atom is 0.252 e. The van der Waals surface area contributed by atoms with Gasteiger partial charge in [-0.1, -0.05) is 12.1 Å². The van der Waals surface area contributed by atoms with Crippen molar-refractivity contribution in [3.63, 3.8) is 0 Å². The first-order chi connectivity index (χ1) is 12.5. The predicted octanol–water partition coefficient (Wildman–Crippen LogP) is 3.53. The maximum absolute atomic E-state index is 13.3. The first kappa shape index (κ1) is 18.9. The number of carbonyl (C=O) groups excluding carboxylic acids is 1. The van der Waals surface area contributed by atoms with E-state index in [2.05, 4.69) is 26.1 Å². The minimum Gasteiger partial charge on any atom is -0.379 e. The molecule has 1 aliphatic heterocycles. The Hall–Kier alpha value is -1.83. The summed E-state index contributed by atoms with van der Waals surface area (Å²) in [6.45, 7) is 3.06. The molecule has 1 amide bonds. The van der Waals surface area contributed by atoms with Crippen LogP contribution in [0.3, 0.4) is 0 Å². The lowest BCUT2D eigenvalue weighted by molar-refractivity contribution is 0.0162. The van der Waals surface area contributed by atoms with Gasteiger partial charge in [0.1, 0.15) is 11.6 Å². The van der Waals surface area contributed by atoms with Gasteiger partial charge in [-0.15, -0.1) is 0 Å². The first-order valence-electron chi connectivity index (χ1n) is 8.35. The zero-order valence-corrected chi connectivity index (χ0v) is 15.6.